The van der Waals surface area contributed by atoms with Crippen LogP contribution in [0.3, 0.4) is 0 Å². The van der Waals surface area contributed by atoms with Crippen LogP contribution in [0.15, 0.2) is 18.2 Å². The fourth-order valence-electron chi connectivity index (χ4n) is 2.47. The monoisotopic (exact) mass is 405 g/mol. The van der Waals surface area contributed by atoms with Crippen molar-refractivity contribution in [2.45, 2.75) is 53.1 Å². The fraction of sp³-hybridized carbons (Fsp3) is 0.450. The van der Waals surface area contributed by atoms with E-state index in [1.807, 2.05) is 6.92 Å². The van der Waals surface area contributed by atoms with E-state index in [1.54, 1.807) is 39.0 Å². The van der Waals surface area contributed by atoms with Gasteiger partial charge in [0.1, 0.15) is 16.2 Å². The van der Waals surface area contributed by atoms with E-state index in [4.69, 9.17) is 9.47 Å². The number of benzene rings is 1. The van der Waals surface area contributed by atoms with Gasteiger partial charge in [-0.15, -0.1) is 11.3 Å². The number of ether oxygens (including phenoxy) is 2. The Morgan fingerprint density at radius 1 is 1.21 bits per heavy atom. The van der Waals surface area contributed by atoms with Crippen molar-refractivity contribution in [3.63, 3.8) is 0 Å². The highest BCUT2D eigenvalue weighted by atomic mass is 32.1. The van der Waals surface area contributed by atoms with E-state index in [9.17, 15) is 9.59 Å². The molecule has 0 saturated heterocycles. The molecule has 1 aromatic carbocycles. The Bertz CT molecular complexity index is 856. The summed E-state index contributed by atoms with van der Waals surface area (Å²) < 4.78 is 10.6. The van der Waals surface area contributed by atoms with Gasteiger partial charge in [0.15, 0.2) is 0 Å². The number of carbonyl (C=O) groups excluding carboxylic acids is 2. The highest BCUT2D eigenvalue weighted by molar-refractivity contribution is 7.13. The standard InChI is InChI=1S/C20H27N3O4S/c1-7-8-16-21-12(2)17(28-16)18(24)22-13-9-10-15(26-6)14(11-13)23-19(25)27-20(3,4)5/h9-11H,7-8H2,1-6H3,(H,22,24)(H,23,25). The Balaban J connectivity index is 2.18. The van der Waals surface area contributed by atoms with E-state index in [-0.39, 0.29) is 5.91 Å². The number of hydrogen-bond acceptors (Lipinski definition) is 6. The highest BCUT2D eigenvalue weighted by Gasteiger charge is 2.19. The summed E-state index contributed by atoms with van der Waals surface area (Å²) in [4.78, 5) is 29.8. The molecule has 0 unspecified atom stereocenters. The summed E-state index contributed by atoms with van der Waals surface area (Å²) in [6.45, 7) is 9.25. The minimum Gasteiger partial charge on any atom is -0.495 e. The van der Waals surface area contributed by atoms with E-state index in [0.29, 0.717) is 27.7 Å². The number of carbonyl (C=O) groups is 2. The zero-order valence-electron chi connectivity index (χ0n) is 17.1. The molecular weight excluding hydrogens is 378 g/mol. The van der Waals surface area contributed by atoms with E-state index >= 15 is 0 Å². The molecule has 0 radical (unpaired) electrons. The topological polar surface area (TPSA) is 89.5 Å². The van der Waals surface area contributed by atoms with Crippen LogP contribution in [0.2, 0.25) is 0 Å². The lowest BCUT2D eigenvalue weighted by molar-refractivity contribution is 0.0635. The smallest absolute Gasteiger partial charge is 0.412 e. The molecule has 28 heavy (non-hydrogen) atoms. The summed E-state index contributed by atoms with van der Waals surface area (Å²) in [5.74, 6) is 0.230. The number of amides is 2. The van der Waals surface area contributed by atoms with Crippen molar-refractivity contribution >= 4 is 34.7 Å². The lowest BCUT2D eigenvalue weighted by atomic mass is 10.2. The number of nitrogens with one attached hydrogen (secondary N) is 2. The lowest BCUT2D eigenvalue weighted by Crippen LogP contribution is -2.27. The van der Waals surface area contributed by atoms with Crippen molar-refractivity contribution in [2.75, 3.05) is 17.7 Å². The van der Waals surface area contributed by atoms with Crippen molar-refractivity contribution in [2.24, 2.45) is 0 Å². The maximum absolute atomic E-state index is 12.6. The molecule has 2 amide bonds. The van der Waals surface area contributed by atoms with E-state index in [0.717, 1.165) is 17.8 Å². The lowest BCUT2D eigenvalue weighted by Gasteiger charge is -2.20. The molecule has 0 spiro atoms. The van der Waals surface area contributed by atoms with E-state index in [1.165, 1.54) is 18.4 Å². The number of hydrogen-bond donors (Lipinski definition) is 2. The first-order valence-corrected chi connectivity index (χ1v) is 9.90. The molecular formula is C20H27N3O4S. The Labute approximate surface area is 169 Å². The molecule has 0 atom stereocenters. The predicted molar refractivity (Wildman–Crippen MR) is 112 cm³/mol. The quantitative estimate of drug-likeness (QED) is 0.705. The number of thiazole rings is 1. The Hall–Kier alpha value is -2.61. The number of rotatable bonds is 6. The van der Waals surface area contributed by atoms with Crippen LogP contribution >= 0.6 is 11.3 Å². The highest BCUT2D eigenvalue weighted by Crippen LogP contribution is 2.29. The van der Waals surface area contributed by atoms with Crippen molar-refractivity contribution in [1.82, 2.24) is 4.98 Å². The van der Waals surface area contributed by atoms with Crippen LogP contribution in [0.5, 0.6) is 5.75 Å². The maximum atomic E-state index is 12.6. The van der Waals surface area contributed by atoms with Crippen LogP contribution in [-0.2, 0) is 11.2 Å². The summed E-state index contributed by atoms with van der Waals surface area (Å²) in [5, 5.41) is 6.46. The molecule has 2 N–H and O–H groups in total. The molecule has 152 valence electrons. The zero-order chi connectivity index (χ0) is 20.9. The van der Waals surface area contributed by atoms with Gasteiger partial charge in [-0.3, -0.25) is 10.1 Å². The molecule has 1 aromatic heterocycles. The minimum atomic E-state index is -0.622. The molecule has 0 fully saturated rings. The molecule has 0 aliphatic rings. The van der Waals surface area contributed by atoms with Crippen molar-refractivity contribution in [3.05, 3.63) is 33.8 Å². The molecule has 1 heterocycles. The van der Waals surface area contributed by atoms with Crippen LogP contribution in [0, 0.1) is 6.92 Å². The number of methoxy groups -OCH3 is 1. The van der Waals surface area contributed by atoms with Gasteiger partial charge in [-0.2, -0.15) is 0 Å². The van der Waals surface area contributed by atoms with Crippen molar-refractivity contribution in [1.29, 1.82) is 0 Å². The van der Waals surface area contributed by atoms with Gasteiger partial charge in [0.2, 0.25) is 0 Å². The fourth-order valence-corrected chi connectivity index (χ4v) is 3.53. The van der Waals surface area contributed by atoms with Crippen LogP contribution < -0.4 is 15.4 Å². The van der Waals surface area contributed by atoms with Gasteiger partial charge in [-0.05, 0) is 58.7 Å². The molecule has 2 rings (SSSR count). The SMILES string of the molecule is CCCc1nc(C)c(C(=O)Nc2ccc(OC)c(NC(=O)OC(C)(C)C)c2)s1. The van der Waals surface area contributed by atoms with Gasteiger partial charge in [-0.25, -0.2) is 9.78 Å². The normalized spacial score (nSPS) is 11.1. The summed E-state index contributed by atoms with van der Waals surface area (Å²) >= 11 is 1.40. The summed E-state index contributed by atoms with van der Waals surface area (Å²) in [6, 6.07) is 5.01. The molecule has 7 nitrogen and oxygen atoms in total. The Morgan fingerprint density at radius 3 is 2.54 bits per heavy atom. The largest absolute Gasteiger partial charge is 0.495 e. The maximum Gasteiger partial charge on any atom is 0.412 e. The average Bonchev–Trinajstić information content (AvgIpc) is 2.94. The molecule has 8 heteroatoms. The van der Waals surface area contributed by atoms with Gasteiger partial charge in [-0.1, -0.05) is 6.92 Å². The first kappa shape index (κ1) is 21.7. The first-order valence-electron chi connectivity index (χ1n) is 9.08. The second-order valence-corrected chi connectivity index (χ2v) is 8.35. The average molecular weight is 406 g/mol. The van der Waals surface area contributed by atoms with E-state index < -0.39 is 11.7 Å². The summed E-state index contributed by atoms with van der Waals surface area (Å²) in [5.41, 5.74) is 1.03. The van der Waals surface area contributed by atoms with Crippen LogP contribution in [0.4, 0.5) is 16.2 Å². The van der Waals surface area contributed by atoms with Gasteiger partial charge in [0.05, 0.1) is 23.5 Å². The number of aryl methyl sites for hydroxylation is 2. The van der Waals surface area contributed by atoms with Crippen LogP contribution in [0.25, 0.3) is 0 Å². The van der Waals surface area contributed by atoms with E-state index in [2.05, 4.69) is 22.5 Å². The van der Waals surface area contributed by atoms with Crippen LogP contribution in [-0.4, -0.2) is 29.7 Å². The number of nitrogens with zero attached hydrogens (tertiary/aromatic N) is 1. The van der Waals surface area contributed by atoms with Crippen LogP contribution in [0.1, 0.15) is 54.5 Å². The molecule has 0 saturated carbocycles. The second-order valence-electron chi connectivity index (χ2n) is 7.27. The number of anilines is 2. The van der Waals surface area contributed by atoms with Crippen molar-refractivity contribution < 1.29 is 19.1 Å². The Kier molecular flexibility index (Phi) is 7.01. The third-order valence-electron chi connectivity index (χ3n) is 3.60. The molecule has 2 aromatic rings. The predicted octanol–water partition coefficient (Wildman–Crippen LogP) is 5.01. The number of aromatic nitrogens is 1. The summed E-state index contributed by atoms with van der Waals surface area (Å²) in [6.07, 6.45) is 1.23. The Morgan fingerprint density at radius 2 is 1.93 bits per heavy atom. The van der Waals surface area contributed by atoms with Gasteiger partial charge >= 0.3 is 6.09 Å². The third kappa shape index (κ3) is 5.95. The van der Waals surface area contributed by atoms with Gasteiger partial charge in [0, 0.05) is 5.69 Å². The molecule has 0 aliphatic carbocycles. The zero-order valence-corrected chi connectivity index (χ0v) is 18.0. The second kappa shape index (κ2) is 9.05. The van der Waals surface area contributed by atoms with Crippen molar-refractivity contribution in [3.8, 4) is 5.75 Å². The van der Waals surface area contributed by atoms with Gasteiger partial charge in [0.25, 0.3) is 5.91 Å². The summed E-state index contributed by atoms with van der Waals surface area (Å²) in [7, 11) is 1.50. The third-order valence-corrected chi connectivity index (χ3v) is 4.82. The minimum absolute atomic E-state index is 0.231. The molecule has 0 aliphatic heterocycles. The molecule has 0 bridgehead atoms. The first-order chi connectivity index (χ1) is 13.1. The van der Waals surface area contributed by atoms with Gasteiger partial charge < -0.3 is 14.8 Å².